The van der Waals surface area contributed by atoms with Crippen LogP contribution in [-0.4, -0.2) is 15.3 Å². The molecule has 2 rings (SSSR count). The van der Waals surface area contributed by atoms with E-state index in [2.05, 4.69) is 9.36 Å². The second-order valence-corrected chi connectivity index (χ2v) is 3.41. The highest BCUT2D eigenvalue weighted by Gasteiger charge is 2.09. The van der Waals surface area contributed by atoms with E-state index in [1.165, 1.54) is 11.5 Å². The molecule has 70 valence electrons. The summed E-state index contributed by atoms with van der Waals surface area (Å²) in [6.45, 7) is 0. The molecule has 0 fully saturated rings. The van der Waals surface area contributed by atoms with Crippen molar-refractivity contribution >= 4 is 17.4 Å². The minimum absolute atomic E-state index is 0.0776. The van der Waals surface area contributed by atoms with Gasteiger partial charge < -0.3 is 5.73 Å². The van der Waals surface area contributed by atoms with E-state index in [9.17, 15) is 4.79 Å². The number of primary amides is 1. The fraction of sp³-hybridized carbons (Fsp3) is 0. The predicted octanol–water partition coefficient (Wildman–Crippen LogP) is 1.30. The third-order valence-corrected chi connectivity index (χ3v) is 2.43. The Morgan fingerprint density at radius 2 is 2.00 bits per heavy atom. The number of hydrogen-bond donors (Lipinski definition) is 1. The van der Waals surface area contributed by atoms with Gasteiger partial charge in [-0.2, -0.15) is 4.37 Å². The van der Waals surface area contributed by atoms with Gasteiger partial charge in [0, 0.05) is 5.56 Å². The number of aromatic nitrogens is 2. The molecule has 0 bridgehead atoms. The Kier molecular flexibility index (Phi) is 2.24. The summed E-state index contributed by atoms with van der Waals surface area (Å²) in [6, 6.07) is 9.54. The molecule has 1 aromatic heterocycles. The Bertz CT molecular complexity index is 452. The van der Waals surface area contributed by atoms with Gasteiger partial charge in [-0.05, 0) is 11.5 Å². The van der Waals surface area contributed by atoms with Gasteiger partial charge in [-0.3, -0.25) is 4.79 Å². The zero-order chi connectivity index (χ0) is 9.97. The molecule has 0 saturated carbocycles. The van der Waals surface area contributed by atoms with Gasteiger partial charge in [-0.25, -0.2) is 4.98 Å². The monoisotopic (exact) mass is 205 g/mol. The van der Waals surface area contributed by atoms with E-state index in [0.29, 0.717) is 5.01 Å². The number of carbonyl (C=O) groups is 1. The average molecular weight is 205 g/mol. The van der Waals surface area contributed by atoms with Crippen LogP contribution >= 0.6 is 11.5 Å². The first-order chi connectivity index (χ1) is 6.77. The Morgan fingerprint density at radius 3 is 2.57 bits per heavy atom. The van der Waals surface area contributed by atoms with Gasteiger partial charge in [0.2, 0.25) is 5.82 Å². The smallest absolute Gasteiger partial charge is 0.287 e. The summed E-state index contributed by atoms with van der Waals surface area (Å²) >= 11 is 1.17. The number of benzene rings is 1. The lowest BCUT2D eigenvalue weighted by Gasteiger charge is -1.91. The van der Waals surface area contributed by atoms with E-state index >= 15 is 0 Å². The van der Waals surface area contributed by atoms with Crippen LogP contribution in [0, 0.1) is 0 Å². The third kappa shape index (κ3) is 1.62. The Balaban J connectivity index is 2.39. The van der Waals surface area contributed by atoms with E-state index in [-0.39, 0.29) is 5.82 Å². The molecule has 0 aliphatic heterocycles. The highest BCUT2D eigenvalue weighted by Crippen LogP contribution is 2.20. The van der Waals surface area contributed by atoms with Crippen LogP contribution in [0.4, 0.5) is 0 Å². The van der Waals surface area contributed by atoms with Crippen LogP contribution in [-0.2, 0) is 0 Å². The Morgan fingerprint density at radius 1 is 1.29 bits per heavy atom. The molecule has 0 unspecified atom stereocenters. The number of rotatable bonds is 2. The van der Waals surface area contributed by atoms with Crippen molar-refractivity contribution in [1.82, 2.24) is 9.36 Å². The van der Waals surface area contributed by atoms with Gasteiger partial charge >= 0.3 is 0 Å². The van der Waals surface area contributed by atoms with Crippen molar-refractivity contribution in [2.45, 2.75) is 0 Å². The molecule has 1 heterocycles. The molecule has 1 amide bonds. The van der Waals surface area contributed by atoms with E-state index in [1.54, 1.807) is 0 Å². The first-order valence-electron chi connectivity index (χ1n) is 3.96. The van der Waals surface area contributed by atoms with Gasteiger partial charge in [-0.15, -0.1) is 0 Å². The minimum Gasteiger partial charge on any atom is -0.363 e. The van der Waals surface area contributed by atoms with Crippen molar-refractivity contribution in [2.75, 3.05) is 0 Å². The highest BCUT2D eigenvalue weighted by molar-refractivity contribution is 7.09. The zero-order valence-electron chi connectivity index (χ0n) is 7.18. The van der Waals surface area contributed by atoms with Crippen LogP contribution in [0.25, 0.3) is 10.6 Å². The topological polar surface area (TPSA) is 68.9 Å². The van der Waals surface area contributed by atoms with Gasteiger partial charge in [-0.1, -0.05) is 30.3 Å². The molecule has 2 aromatic rings. The van der Waals surface area contributed by atoms with Crippen LogP contribution in [0.15, 0.2) is 30.3 Å². The van der Waals surface area contributed by atoms with Crippen LogP contribution in [0.3, 0.4) is 0 Å². The maximum absolute atomic E-state index is 10.7. The molecule has 14 heavy (non-hydrogen) atoms. The molecule has 0 spiro atoms. The normalized spacial score (nSPS) is 10.0. The number of amides is 1. The fourth-order valence-electron chi connectivity index (χ4n) is 1.02. The number of nitrogens with zero attached hydrogens (tertiary/aromatic N) is 2. The Hall–Kier alpha value is -1.75. The van der Waals surface area contributed by atoms with Gasteiger partial charge in [0.15, 0.2) is 0 Å². The molecule has 5 heteroatoms. The average Bonchev–Trinajstić information content (AvgIpc) is 2.68. The molecule has 2 N–H and O–H groups in total. The van der Waals surface area contributed by atoms with Crippen molar-refractivity contribution in [2.24, 2.45) is 5.73 Å². The first kappa shape index (κ1) is 8.83. The van der Waals surface area contributed by atoms with E-state index in [1.807, 2.05) is 30.3 Å². The van der Waals surface area contributed by atoms with Crippen LogP contribution < -0.4 is 5.73 Å². The van der Waals surface area contributed by atoms with Crippen LogP contribution in [0.5, 0.6) is 0 Å². The van der Waals surface area contributed by atoms with Crippen molar-refractivity contribution in [3.8, 4) is 10.6 Å². The van der Waals surface area contributed by atoms with Gasteiger partial charge in [0.25, 0.3) is 5.91 Å². The van der Waals surface area contributed by atoms with Gasteiger partial charge in [0.1, 0.15) is 5.01 Å². The SMILES string of the molecule is NC(=O)c1nsc(-c2ccccc2)n1. The van der Waals surface area contributed by atoms with E-state index in [0.717, 1.165) is 5.56 Å². The quantitative estimate of drug-likeness (QED) is 0.803. The van der Waals surface area contributed by atoms with Crippen molar-refractivity contribution in [3.63, 3.8) is 0 Å². The molecule has 0 saturated heterocycles. The molecule has 4 nitrogen and oxygen atoms in total. The summed E-state index contributed by atoms with van der Waals surface area (Å²) in [5, 5.41) is 0.708. The third-order valence-electron chi connectivity index (χ3n) is 1.67. The molecule has 0 aliphatic rings. The number of hydrogen-bond acceptors (Lipinski definition) is 4. The van der Waals surface area contributed by atoms with Crippen molar-refractivity contribution < 1.29 is 4.79 Å². The molecule has 0 aliphatic carbocycles. The molecule has 0 atom stereocenters. The fourth-order valence-corrected chi connectivity index (χ4v) is 1.69. The number of carbonyl (C=O) groups excluding carboxylic acids is 1. The maximum Gasteiger partial charge on any atom is 0.287 e. The van der Waals surface area contributed by atoms with Crippen LogP contribution in [0.1, 0.15) is 10.6 Å². The van der Waals surface area contributed by atoms with E-state index < -0.39 is 5.91 Å². The number of nitrogens with two attached hydrogens (primary N) is 1. The lowest BCUT2D eigenvalue weighted by molar-refractivity contribution is 0.0992. The molecular weight excluding hydrogens is 198 g/mol. The molecular formula is C9H7N3OS. The van der Waals surface area contributed by atoms with Crippen molar-refractivity contribution in [3.05, 3.63) is 36.2 Å². The summed E-state index contributed by atoms with van der Waals surface area (Å²) < 4.78 is 3.85. The predicted molar refractivity (Wildman–Crippen MR) is 53.9 cm³/mol. The molecule has 1 aromatic carbocycles. The lowest BCUT2D eigenvalue weighted by atomic mass is 10.2. The maximum atomic E-state index is 10.7. The second-order valence-electron chi connectivity index (χ2n) is 2.65. The highest BCUT2D eigenvalue weighted by atomic mass is 32.1. The Labute approximate surface area is 84.6 Å². The summed E-state index contributed by atoms with van der Waals surface area (Å²) in [6.07, 6.45) is 0. The van der Waals surface area contributed by atoms with E-state index in [4.69, 9.17) is 5.73 Å². The summed E-state index contributed by atoms with van der Waals surface area (Å²) in [5.41, 5.74) is 5.99. The summed E-state index contributed by atoms with van der Waals surface area (Å²) in [7, 11) is 0. The second kappa shape index (κ2) is 3.55. The first-order valence-corrected chi connectivity index (χ1v) is 4.73. The standard InChI is InChI=1S/C9H7N3OS/c10-7(13)8-11-9(14-12-8)6-4-2-1-3-5-6/h1-5H,(H2,10,13). The summed E-state index contributed by atoms with van der Waals surface area (Å²) in [5.74, 6) is -0.516. The lowest BCUT2D eigenvalue weighted by Crippen LogP contribution is -2.12. The largest absolute Gasteiger partial charge is 0.363 e. The minimum atomic E-state index is -0.594. The van der Waals surface area contributed by atoms with Gasteiger partial charge in [0.05, 0.1) is 0 Å². The zero-order valence-corrected chi connectivity index (χ0v) is 7.99. The van der Waals surface area contributed by atoms with Crippen LogP contribution in [0.2, 0.25) is 0 Å². The summed E-state index contributed by atoms with van der Waals surface area (Å²) in [4.78, 5) is 14.8. The van der Waals surface area contributed by atoms with Crippen molar-refractivity contribution in [1.29, 1.82) is 0 Å². The molecule has 0 radical (unpaired) electrons.